The first-order valence-corrected chi connectivity index (χ1v) is 9.41. The molecular formula is C21H24N2O3S. The van der Waals surface area contributed by atoms with Crippen molar-refractivity contribution in [2.24, 2.45) is 0 Å². The van der Waals surface area contributed by atoms with Crippen LogP contribution < -0.4 is 10.1 Å². The van der Waals surface area contributed by atoms with Crippen molar-refractivity contribution in [3.8, 4) is 5.75 Å². The third kappa shape index (κ3) is 5.28. The molecular weight excluding hydrogens is 360 g/mol. The number of hydrogen-bond acceptors (Lipinski definition) is 4. The first-order valence-electron chi connectivity index (χ1n) is 9.00. The Hall–Kier alpha value is -2.44. The number of nitrogens with one attached hydrogen (secondary N) is 1. The first-order chi connectivity index (χ1) is 13.0. The largest absolute Gasteiger partial charge is 0.484 e. The van der Waals surface area contributed by atoms with Crippen LogP contribution in [0, 0.1) is 13.8 Å². The molecule has 0 radical (unpaired) electrons. The highest BCUT2D eigenvalue weighted by atomic mass is 32.1. The summed E-state index contributed by atoms with van der Waals surface area (Å²) in [6, 6.07) is 13.4. The standard InChI is InChI=1S/C21H24N2O3S/c1-15-3-8-19(16(2)13-15)22-20(24)14-26-18-6-4-17(5-7-18)21(27)23-9-11-25-12-10-23/h3-8,13H,9-12,14H2,1-2H3,(H,22,24). The van der Waals surface area contributed by atoms with Crippen LogP contribution >= 0.6 is 12.2 Å². The zero-order chi connectivity index (χ0) is 19.2. The molecule has 1 saturated heterocycles. The Morgan fingerprint density at radius 3 is 2.52 bits per heavy atom. The number of anilines is 1. The predicted octanol–water partition coefficient (Wildman–Crippen LogP) is 3.33. The van der Waals surface area contributed by atoms with Gasteiger partial charge in [-0.2, -0.15) is 0 Å². The van der Waals surface area contributed by atoms with Crippen LogP contribution in [0.2, 0.25) is 0 Å². The number of amides is 1. The normalized spacial score (nSPS) is 13.9. The van der Waals surface area contributed by atoms with E-state index in [9.17, 15) is 4.79 Å². The molecule has 0 unspecified atom stereocenters. The molecule has 5 nitrogen and oxygen atoms in total. The molecule has 2 aromatic carbocycles. The lowest BCUT2D eigenvalue weighted by Crippen LogP contribution is -2.40. The number of carbonyl (C=O) groups excluding carboxylic acids is 1. The van der Waals surface area contributed by atoms with Gasteiger partial charge in [-0.15, -0.1) is 0 Å². The van der Waals surface area contributed by atoms with E-state index >= 15 is 0 Å². The van der Waals surface area contributed by atoms with Gasteiger partial charge in [0.1, 0.15) is 10.7 Å². The Bertz CT molecular complexity index is 815. The highest BCUT2D eigenvalue weighted by Crippen LogP contribution is 2.17. The highest BCUT2D eigenvalue weighted by molar-refractivity contribution is 7.80. The van der Waals surface area contributed by atoms with Crippen LogP contribution in [0.15, 0.2) is 42.5 Å². The molecule has 2 aromatic rings. The zero-order valence-electron chi connectivity index (χ0n) is 15.7. The number of ether oxygens (including phenoxy) is 2. The molecule has 142 valence electrons. The van der Waals surface area contributed by atoms with Crippen LogP contribution in [0.25, 0.3) is 0 Å². The summed E-state index contributed by atoms with van der Waals surface area (Å²) in [6.07, 6.45) is 0. The van der Waals surface area contributed by atoms with Crippen LogP contribution in [0.1, 0.15) is 16.7 Å². The Kier molecular flexibility index (Phi) is 6.42. The maximum absolute atomic E-state index is 12.1. The van der Waals surface area contributed by atoms with E-state index < -0.39 is 0 Å². The number of rotatable bonds is 5. The number of aryl methyl sites for hydroxylation is 2. The van der Waals surface area contributed by atoms with E-state index in [2.05, 4.69) is 10.2 Å². The molecule has 1 fully saturated rings. The molecule has 1 heterocycles. The first kappa shape index (κ1) is 19.3. The van der Waals surface area contributed by atoms with Crippen molar-refractivity contribution in [1.82, 2.24) is 4.90 Å². The fourth-order valence-corrected chi connectivity index (χ4v) is 3.25. The van der Waals surface area contributed by atoms with Crippen molar-refractivity contribution in [3.05, 3.63) is 59.2 Å². The summed E-state index contributed by atoms with van der Waals surface area (Å²) in [6.45, 7) is 7.00. The van der Waals surface area contributed by atoms with Gasteiger partial charge in [0, 0.05) is 24.3 Å². The lowest BCUT2D eigenvalue weighted by molar-refractivity contribution is -0.118. The van der Waals surface area contributed by atoms with Gasteiger partial charge >= 0.3 is 0 Å². The minimum absolute atomic E-state index is 0.0411. The van der Waals surface area contributed by atoms with Gasteiger partial charge in [-0.1, -0.05) is 29.9 Å². The Labute approximate surface area is 165 Å². The molecule has 0 bridgehead atoms. The maximum Gasteiger partial charge on any atom is 0.262 e. The minimum atomic E-state index is -0.185. The van der Waals surface area contributed by atoms with Crippen molar-refractivity contribution in [2.75, 3.05) is 38.2 Å². The van der Waals surface area contributed by atoms with E-state index in [1.165, 1.54) is 0 Å². The third-order valence-electron chi connectivity index (χ3n) is 4.43. The highest BCUT2D eigenvalue weighted by Gasteiger charge is 2.15. The fourth-order valence-electron chi connectivity index (χ4n) is 2.93. The predicted molar refractivity (Wildman–Crippen MR) is 111 cm³/mol. The lowest BCUT2D eigenvalue weighted by atomic mass is 10.1. The number of thiocarbonyl (C=S) groups is 1. The maximum atomic E-state index is 12.1. The van der Waals surface area contributed by atoms with Crippen LogP contribution in [0.3, 0.4) is 0 Å². The zero-order valence-corrected chi connectivity index (χ0v) is 16.5. The van der Waals surface area contributed by atoms with E-state index in [0.29, 0.717) is 19.0 Å². The molecule has 0 spiro atoms. The summed E-state index contributed by atoms with van der Waals surface area (Å²) >= 11 is 5.55. The van der Waals surface area contributed by atoms with Gasteiger partial charge in [0.05, 0.1) is 13.2 Å². The van der Waals surface area contributed by atoms with E-state index in [1.54, 1.807) is 0 Å². The second kappa shape index (κ2) is 8.97. The molecule has 0 atom stereocenters. The summed E-state index contributed by atoms with van der Waals surface area (Å²) in [7, 11) is 0. The molecule has 0 saturated carbocycles. The van der Waals surface area contributed by atoms with Gasteiger partial charge < -0.3 is 19.7 Å². The number of morpholine rings is 1. The van der Waals surface area contributed by atoms with Gasteiger partial charge in [-0.3, -0.25) is 4.79 Å². The molecule has 27 heavy (non-hydrogen) atoms. The molecule has 1 N–H and O–H groups in total. The van der Waals surface area contributed by atoms with E-state index in [4.69, 9.17) is 21.7 Å². The van der Waals surface area contributed by atoms with Gasteiger partial charge in [0.15, 0.2) is 6.61 Å². The second-order valence-corrected chi connectivity index (χ2v) is 6.97. The molecule has 1 aliphatic rings. The molecule has 1 amide bonds. The Balaban J connectivity index is 1.52. The van der Waals surface area contributed by atoms with Gasteiger partial charge in [0.2, 0.25) is 0 Å². The van der Waals surface area contributed by atoms with Crippen molar-refractivity contribution >= 4 is 28.8 Å². The van der Waals surface area contributed by atoms with Gasteiger partial charge in [0.25, 0.3) is 5.91 Å². The van der Waals surface area contributed by atoms with Gasteiger partial charge in [-0.05, 0) is 49.7 Å². The van der Waals surface area contributed by atoms with Crippen molar-refractivity contribution in [1.29, 1.82) is 0 Å². The number of nitrogens with zero attached hydrogens (tertiary/aromatic N) is 1. The number of benzene rings is 2. The van der Waals surface area contributed by atoms with E-state index in [1.807, 2.05) is 56.3 Å². The van der Waals surface area contributed by atoms with Crippen LogP contribution in [-0.4, -0.2) is 48.7 Å². The summed E-state index contributed by atoms with van der Waals surface area (Å²) in [4.78, 5) is 15.1. The average Bonchev–Trinajstić information content (AvgIpc) is 2.69. The SMILES string of the molecule is Cc1ccc(NC(=O)COc2ccc(C(=S)N3CCOCC3)cc2)c(C)c1. The quantitative estimate of drug-likeness (QED) is 0.802. The summed E-state index contributed by atoms with van der Waals surface area (Å²) < 4.78 is 11.0. The van der Waals surface area contributed by atoms with Crippen LogP contribution in [-0.2, 0) is 9.53 Å². The van der Waals surface area contributed by atoms with E-state index in [-0.39, 0.29) is 12.5 Å². The number of carbonyl (C=O) groups is 1. The fraction of sp³-hybridized carbons (Fsp3) is 0.333. The topological polar surface area (TPSA) is 50.8 Å². The summed E-state index contributed by atoms with van der Waals surface area (Å²) in [5, 5.41) is 2.88. The Morgan fingerprint density at radius 1 is 1.15 bits per heavy atom. The molecule has 0 aliphatic carbocycles. The second-order valence-electron chi connectivity index (χ2n) is 6.58. The Morgan fingerprint density at radius 2 is 1.85 bits per heavy atom. The van der Waals surface area contributed by atoms with Crippen molar-refractivity contribution < 1.29 is 14.3 Å². The number of hydrogen-bond donors (Lipinski definition) is 1. The average molecular weight is 385 g/mol. The molecule has 1 aliphatic heterocycles. The van der Waals surface area contributed by atoms with E-state index in [0.717, 1.165) is 40.5 Å². The molecule has 0 aromatic heterocycles. The monoisotopic (exact) mass is 384 g/mol. The molecule has 3 rings (SSSR count). The lowest BCUT2D eigenvalue weighted by Gasteiger charge is -2.29. The molecule has 6 heteroatoms. The van der Waals surface area contributed by atoms with Crippen LogP contribution in [0.5, 0.6) is 5.75 Å². The smallest absolute Gasteiger partial charge is 0.262 e. The summed E-state index contributed by atoms with van der Waals surface area (Å²) in [5.74, 6) is 0.453. The van der Waals surface area contributed by atoms with Crippen LogP contribution in [0.4, 0.5) is 5.69 Å². The summed E-state index contributed by atoms with van der Waals surface area (Å²) in [5.41, 5.74) is 3.97. The van der Waals surface area contributed by atoms with Crippen molar-refractivity contribution in [2.45, 2.75) is 13.8 Å². The minimum Gasteiger partial charge on any atom is -0.484 e. The van der Waals surface area contributed by atoms with Crippen molar-refractivity contribution in [3.63, 3.8) is 0 Å². The third-order valence-corrected chi connectivity index (χ3v) is 4.92. The van der Waals surface area contributed by atoms with Gasteiger partial charge in [-0.25, -0.2) is 0 Å².